The third-order valence-corrected chi connectivity index (χ3v) is 7.57. The molecule has 7 rings (SSSR count). The SMILES string of the molecule is CC(=O)N(c1ccnc(C)c1)c1cnc2nc(-c3ccc(Nc4ccnc5ccc(N6CCOCC6)cc45)cc3)[nH]c2c1. The smallest absolute Gasteiger partial charge is 0.228 e. The Labute approximate surface area is 248 Å². The van der Waals surface area contributed by atoms with Crippen molar-refractivity contribution in [3.63, 3.8) is 0 Å². The topological polar surface area (TPSA) is 112 Å². The molecule has 4 aromatic heterocycles. The first-order chi connectivity index (χ1) is 21.0. The standard InChI is InChI=1S/C33H30N8O2/c1-21-17-26(9-11-34-21)41(22(2)42)27-19-31-33(36-20-27)39-32(38-31)23-3-5-24(6-4-23)37-30-10-12-35-29-8-7-25(18-28(29)30)40-13-15-43-16-14-40/h3-12,17-20H,13-16H2,1-2H3,(H,35,37)(H,36,38,39). The van der Waals surface area contributed by atoms with Crippen molar-refractivity contribution in [2.75, 3.05) is 41.4 Å². The Morgan fingerprint density at radius 2 is 1.74 bits per heavy atom. The van der Waals surface area contributed by atoms with E-state index in [1.54, 1.807) is 17.3 Å². The van der Waals surface area contributed by atoms with Gasteiger partial charge in [-0.25, -0.2) is 9.97 Å². The number of fused-ring (bicyclic) bond motifs is 2. The van der Waals surface area contributed by atoms with Crippen LogP contribution in [0.15, 0.2) is 85.3 Å². The van der Waals surface area contributed by atoms with Gasteiger partial charge in [-0.05, 0) is 73.7 Å². The third-order valence-electron chi connectivity index (χ3n) is 7.57. The first-order valence-corrected chi connectivity index (χ1v) is 14.2. The Kier molecular flexibility index (Phi) is 6.88. The molecule has 214 valence electrons. The predicted octanol–water partition coefficient (Wildman–Crippen LogP) is 6.14. The number of hydrogen-bond acceptors (Lipinski definition) is 8. The molecule has 43 heavy (non-hydrogen) atoms. The lowest BCUT2D eigenvalue weighted by Crippen LogP contribution is -2.36. The number of nitrogens with zero attached hydrogens (tertiary/aromatic N) is 6. The molecular weight excluding hydrogens is 540 g/mol. The summed E-state index contributed by atoms with van der Waals surface area (Å²) in [5.41, 5.74) is 8.52. The highest BCUT2D eigenvalue weighted by Gasteiger charge is 2.17. The summed E-state index contributed by atoms with van der Waals surface area (Å²) in [6.45, 7) is 6.68. The van der Waals surface area contributed by atoms with Crippen molar-refractivity contribution in [2.24, 2.45) is 0 Å². The summed E-state index contributed by atoms with van der Waals surface area (Å²) in [5, 5.41) is 4.63. The minimum atomic E-state index is -0.117. The maximum Gasteiger partial charge on any atom is 0.228 e. The molecule has 1 amide bonds. The van der Waals surface area contributed by atoms with E-state index in [9.17, 15) is 4.79 Å². The maximum atomic E-state index is 12.6. The molecule has 2 N–H and O–H groups in total. The first kappa shape index (κ1) is 26.5. The number of nitrogens with one attached hydrogen (secondary N) is 2. The number of amides is 1. The van der Waals surface area contributed by atoms with Crippen molar-refractivity contribution in [2.45, 2.75) is 13.8 Å². The quantitative estimate of drug-likeness (QED) is 0.246. The number of anilines is 5. The fraction of sp³-hybridized carbons (Fsp3) is 0.182. The molecule has 10 nitrogen and oxygen atoms in total. The predicted molar refractivity (Wildman–Crippen MR) is 169 cm³/mol. The van der Waals surface area contributed by atoms with Crippen LogP contribution in [0, 0.1) is 6.92 Å². The van der Waals surface area contributed by atoms with Crippen molar-refractivity contribution >= 4 is 56.4 Å². The Morgan fingerprint density at radius 3 is 2.53 bits per heavy atom. The molecule has 1 fully saturated rings. The molecule has 10 heteroatoms. The second-order valence-electron chi connectivity index (χ2n) is 10.5. The van der Waals surface area contributed by atoms with Crippen molar-refractivity contribution in [3.05, 3.63) is 91.0 Å². The van der Waals surface area contributed by atoms with Gasteiger partial charge in [0.05, 0.1) is 41.8 Å². The van der Waals surface area contributed by atoms with E-state index in [0.29, 0.717) is 17.2 Å². The van der Waals surface area contributed by atoms with Crippen LogP contribution in [0.5, 0.6) is 0 Å². The maximum absolute atomic E-state index is 12.6. The molecule has 5 heterocycles. The summed E-state index contributed by atoms with van der Waals surface area (Å²) in [6.07, 6.45) is 5.19. The van der Waals surface area contributed by atoms with E-state index in [4.69, 9.17) is 9.72 Å². The van der Waals surface area contributed by atoms with Crippen molar-refractivity contribution in [3.8, 4) is 11.4 Å². The summed E-state index contributed by atoms with van der Waals surface area (Å²) in [4.78, 5) is 38.0. The normalized spacial score (nSPS) is 13.4. The highest BCUT2D eigenvalue weighted by molar-refractivity contribution is 6.00. The third kappa shape index (κ3) is 5.35. The van der Waals surface area contributed by atoms with Crippen molar-refractivity contribution < 1.29 is 9.53 Å². The molecule has 1 aliphatic heterocycles. The van der Waals surface area contributed by atoms with Gasteiger partial charge in [-0.2, -0.15) is 0 Å². The van der Waals surface area contributed by atoms with Gasteiger partial charge in [-0.3, -0.25) is 19.7 Å². The van der Waals surface area contributed by atoms with E-state index in [2.05, 4.69) is 48.4 Å². The fourth-order valence-corrected chi connectivity index (χ4v) is 5.46. The number of hydrogen-bond donors (Lipinski definition) is 2. The highest BCUT2D eigenvalue weighted by Crippen LogP contribution is 2.31. The van der Waals surface area contributed by atoms with Gasteiger partial charge in [0.2, 0.25) is 5.91 Å². The number of pyridine rings is 3. The van der Waals surface area contributed by atoms with E-state index < -0.39 is 0 Å². The van der Waals surface area contributed by atoms with Crippen LogP contribution >= 0.6 is 0 Å². The van der Waals surface area contributed by atoms with Crippen molar-refractivity contribution in [1.29, 1.82) is 0 Å². The van der Waals surface area contributed by atoms with Crippen LogP contribution in [0.2, 0.25) is 0 Å². The van der Waals surface area contributed by atoms with Crippen LogP contribution in [-0.4, -0.2) is 57.1 Å². The Balaban J connectivity index is 1.14. The average molecular weight is 571 g/mol. The monoisotopic (exact) mass is 570 g/mol. The van der Waals surface area contributed by atoms with Gasteiger partial charge >= 0.3 is 0 Å². The zero-order valence-corrected chi connectivity index (χ0v) is 23.9. The Bertz CT molecular complexity index is 1950. The molecule has 0 aliphatic carbocycles. The van der Waals surface area contributed by atoms with E-state index in [0.717, 1.165) is 71.0 Å². The number of carbonyl (C=O) groups is 1. The van der Waals surface area contributed by atoms with Crippen LogP contribution in [0.1, 0.15) is 12.6 Å². The van der Waals surface area contributed by atoms with Gasteiger partial charge in [-0.1, -0.05) is 0 Å². The number of imidazole rings is 1. The second-order valence-corrected chi connectivity index (χ2v) is 10.5. The molecule has 2 aromatic carbocycles. The number of carbonyl (C=O) groups excluding carboxylic acids is 1. The zero-order valence-electron chi connectivity index (χ0n) is 23.9. The van der Waals surface area contributed by atoms with Crippen LogP contribution in [0.4, 0.5) is 28.4 Å². The van der Waals surface area contributed by atoms with Gasteiger partial charge in [0, 0.05) is 66.1 Å². The number of ether oxygens (including phenoxy) is 1. The summed E-state index contributed by atoms with van der Waals surface area (Å²) >= 11 is 0. The van der Waals surface area contributed by atoms with E-state index in [1.807, 2.05) is 61.7 Å². The summed E-state index contributed by atoms with van der Waals surface area (Å²) in [7, 11) is 0. The molecule has 1 saturated heterocycles. The fourth-order valence-electron chi connectivity index (χ4n) is 5.46. The summed E-state index contributed by atoms with van der Waals surface area (Å²) in [6, 6.07) is 22.1. The summed E-state index contributed by atoms with van der Waals surface area (Å²) in [5.74, 6) is 0.582. The number of morpholine rings is 1. The first-order valence-electron chi connectivity index (χ1n) is 14.2. The number of rotatable bonds is 6. The molecule has 1 aliphatic rings. The van der Waals surface area contributed by atoms with Gasteiger partial charge in [0.1, 0.15) is 5.82 Å². The zero-order chi connectivity index (χ0) is 29.3. The Hall–Kier alpha value is -5.35. The van der Waals surface area contributed by atoms with Gasteiger partial charge in [0.15, 0.2) is 5.65 Å². The molecule has 0 saturated carbocycles. The lowest BCUT2D eigenvalue weighted by Gasteiger charge is -2.29. The number of aryl methyl sites for hydroxylation is 1. The molecular formula is C33H30N8O2. The lowest BCUT2D eigenvalue weighted by atomic mass is 10.1. The van der Waals surface area contributed by atoms with Crippen molar-refractivity contribution in [1.82, 2.24) is 24.9 Å². The number of aromatic amines is 1. The number of aromatic nitrogens is 5. The average Bonchev–Trinajstić information content (AvgIpc) is 3.45. The minimum Gasteiger partial charge on any atom is -0.378 e. The molecule has 0 atom stereocenters. The van der Waals surface area contributed by atoms with E-state index in [-0.39, 0.29) is 5.91 Å². The lowest BCUT2D eigenvalue weighted by molar-refractivity contribution is -0.115. The minimum absolute atomic E-state index is 0.117. The van der Waals surface area contributed by atoms with Gasteiger partial charge in [0.25, 0.3) is 0 Å². The van der Waals surface area contributed by atoms with Crippen LogP contribution in [-0.2, 0) is 9.53 Å². The molecule has 0 unspecified atom stereocenters. The van der Waals surface area contributed by atoms with Crippen LogP contribution in [0.25, 0.3) is 33.5 Å². The van der Waals surface area contributed by atoms with E-state index >= 15 is 0 Å². The summed E-state index contributed by atoms with van der Waals surface area (Å²) < 4.78 is 5.52. The van der Waals surface area contributed by atoms with Crippen LogP contribution < -0.4 is 15.1 Å². The van der Waals surface area contributed by atoms with Crippen LogP contribution in [0.3, 0.4) is 0 Å². The second kappa shape index (κ2) is 11.1. The highest BCUT2D eigenvalue weighted by atomic mass is 16.5. The molecule has 0 spiro atoms. The largest absolute Gasteiger partial charge is 0.378 e. The number of H-pyrrole nitrogens is 1. The van der Waals surface area contributed by atoms with Gasteiger partial charge in [-0.15, -0.1) is 0 Å². The van der Waals surface area contributed by atoms with Gasteiger partial charge < -0.3 is 19.9 Å². The van der Waals surface area contributed by atoms with E-state index in [1.165, 1.54) is 12.6 Å². The Morgan fingerprint density at radius 1 is 0.930 bits per heavy atom. The number of benzene rings is 2. The molecule has 0 bridgehead atoms. The molecule has 0 radical (unpaired) electrons. The molecule has 6 aromatic rings.